The van der Waals surface area contributed by atoms with Crippen LogP contribution in [0, 0.1) is 36.5 Å². The minimum absolute atomic E-state index is 0.145. The summed E-state index contributed by atoms with van der Waals surface area (Å²) in [4.78, 5) is 0. The van der Waals surface area contributed by atoms with E-state index in [9.17, 15) is 0 Å². The Kier molecular flexibility index (Phi) is 5.56. The molecule has 2 aromatic carbocycles. The quantitative estimate of drug-likeness (QED) is 0.783. The topological polar surface area (TPSA) is 47.6 Å². The van der Waals surface area contributed by atoms with E-state index >= 15 is 0 Å². The zero-order chi connectivity index (χ0) is 16.7. The molecule has 2 aromatic rings. The van der Waals surface area contributed by atoms with E-state index < -0.39 is 0 Å². The first-order valence-electron chi connectivity index (χ1n) is 8.00. The maximum absolute atomic E-state index is 9.11. The molecule has 0 unspecified atom stereocenters. The third-order valence-electron chi connectivity index (χ3n) is 4.43. The van der Waals surface area contributed by atoms with Gasteiger partial charge in [0.2, 0.25) is 0 Å². The molecule has 0 atom stereocenters. The summed E-state index contributed by atoms with van der Waals surface area (Å²) in [6, 6.07) is 20.9. The average Bonchev–Trinajstić information content (AvgIpc) is 2.52. The van der Waals surface area contributed by atoms with Crippen LogP contribution in [-0.2, 0) is 11.8 Å². The standard InChI is InChI=1S/C12H13N.C9H9N/c1-10-3-5-11(6-4-10)12(9-13)7-2-8-12;1-8-2-4-9(5-3-8)6-7-10/h3-6H,2,7-8H2,1H3;2-5H,6H2,1H3. The van der Waals surface area contributed by atoms with E-state index in [1.165, 1.54) is 23.1 Å². The fraction of sp³-hybridized carbons (Fsp3) is 0.333. The van der Waals surface area contributed by atoms with Crippen LogP contribution >= 0.6 is 0 Å². The number of hydrogen-bond acceptors (Lipinski definition) is 2. The molecule has 2 nitrogen and oxygen atoms in total. The maximum atomic E-state index is 9.11. The first-order chi connectivity index (χ1) is 11.1. The van der Waals surface area contributed by atoms with Crippen molar-refractivity contribution in [2.45, 2.75) is 44.9 Å². The van der Waals surface area contributed by atoms with Gasteiger partial charge in [-0.25, -0.2) is 0 Å². The average molecular weight is 302 g/mol. The van der Waals surface area contributed by atoms with Gasteiger partial charge in [0.15, 0.2) is 0 Å². The fourth-order valence-corrected chi connectivity index (χ4v) is 2.67. The molecule has 1 aliphatic carbocycles. The minimum Gasteiger partial charge on any atom is -0.198 e. The van der Waals surface area contributed by atoms with Crippen LogP contribution in [0.15, 0.2) is 48.5 Å². The van der Waals surface area contributed by atoms with E-state index in [1.807, 2.05) is 31.2 Å². The van der Waals surface area contributed by atoms with Crippen LogP contribution in [0.4, 0.5) is 0 Å². The number of nitriles is 2. The van der Waals surface area contributed by atoms with E-state index in [1.54, 1.807) is 0 Å². The molecule has 23 heavy (non-hydrogen) atoms. The monoisotopic (exact) mass is 302 g/mol. The number of rotatable bonds is 2. The van der Waals surface area contributed by atoms with Gasteiger partial charge in [-0.3, -0.25) is 0 Å². The highest BCUT2D eigenvalue weighted by Crippen LogP contribution is 2.42. The van der Waals surface area contributed by atoms with E-state index in [0.29, 0.717) is 6.42 Å². The molecule has 0 spiro atoms. The molecule has 1 fully saturated rings. The van der Waals surface area contributed by atoms with Crippen molar-refractivity contribution in [2.24, 2.45) is 0 Å². The van der Waals surface area contributed by atoms with Crippen LogP contribution in [0.25, 0.3) is 0 Å². The van der Waals surface area contributed by atoms with Gasteiger partial charge in [0.05, 0.1) is 24.0 Å². The molecule has 0 heterocycles. The van der Waals surface area contributed by atoms with Gasteiger partial charge in [-0.05, 0) is 44.2 Å². The molecule has 0 N–H and O–H groups in total. The molecule has 0 saturated heterocycles. The summed E-state index contributed by atoms with van der Waals surface area (Å²) in [5.41, 5.74) is 4.64. The second-order valence-electron chi connectivity index (χ2n) is 6.23. The lowest BCUT2D eigenvalue weighted by Gasteiger charge is -2.35. The first-order valence-corrected chi connectivity index (χ1v) is 8.00. The fourth-order valence-electron chi connectivity index (χ4n) is 2.67. The van der Waals surface area contributed by atoms with Crippen LogP contribution in [0.2, 0.25) is 0 Å². The summed E-state index contributed by atoms with van der Waals surface area (Å²) < 4.78 is 0. The van der Waals surface area contributed by atoms with Gasteiger partial charge >= 0.3 is 0 Å². The van der Waals surface area contributed by atoms with Gasteiger partial charge < -0.3 is 0 Å². The number of nitrogens with zero attached hydrogens (tertiary/aromatic N) is 2. The zero-order valence-corrected chi connectivity index (χ0v) is 13.8. The number of benzene rings is 2. The summed E-state index contributed by atoms with van der Waals surface area (Å²) in [6.07, 6.45) is 3.78. The maximum Gasteiger partial charge on any atom is 0.0822 e. The van der Waals surface area contributed by atoms with Crippen molar-refractivity contribution in [1.29, 1.82) is 10.5 Å². The summed E-state index contributed by atoms with van der Waals surface area (Å²) in [5, 5.41) is 17.4. The Morgan fingerprint density at radius 2 is 1.39 bits per heavy atom. The van der Waals surface area contributed by atoms with Crippen molar-refractivity contribution in [1.82, 2.24) is 0 Å². The van der Waals surface area contributed by atoms with Gasteiger partial charge in [-0.1, -0.05) is 59.7 Å². The highest BCUT2D eigenvalue weighted by Gasteiger charge is 2.38. The van der Waals surface area contributed by atoms with Gasteiger partial charge in [0.25, 0.3) is 0 Å². The third-order valence-corrected chi connectivity index (χ3v) is 4.43. The predicted molar refractivity (Wildman–Crippen MR) is 92.8 cm³/mol. The highest BCUT2D eigenvalue weighted by molar-refractivity contribution is 5.36. The van der Waals surface area contributed by atoms with Crippen LogP contribution < -0.4 is 0 Å². The van der Waals surface area contributed by atoms with Crippen molar-refractivity contribution in [3.8, 4) is 12.1 Å². The Bertz CT molecular complexity index is 708. The lowest BCUT2D eigenvalue weighted by molar-refractivity contribution is 0.324. The molecule has 3 rings (SSSR count). The normalized spacial score (nSPS) is 14.4. The molecule has 0 bridgehead atoms. The molecular weight excluding hydrogens is 280 g/mol. The van der Waals surface area contributed by atoms with E-state index in [2.05, 4.69) is 43.3 Å². The van der Waals surface area contributed by atoms with Crippen molar-refractivity contribution in [3.63, 3.8) is 0 Å². The molecule has 1 saturated carbocycles. The second-order valence-corrected chi connectivity index (χ2v) is 6.23. The van der Waals surface area contributed by atoms with Crippen molar-refractivity contribution >= 4 is 0 Å². The summed E-state index contributed by atoms with van der Waals surface area (Å²) in [6.45, 7) is 4.11. The second kappa shape index (κ2) is 7.61. The van der Waals surface area contributed by atoms with E-state index in [0.717, 1.165) is 18.4 Å². The molecule has 0 aromatic heterocycles. The van der Waals surface area contributed by atoms with Crippen LogP contribution in [0.3, 0.4) is 0 Å². The lowest BCUT2D eigenvalue weighted by atomic mass is 9.65. The van der Waals surface area contributed by atoms with E-state index in [-0.39, 0.29) is 5.41 Å². The van der Waals surface area contributed by atoms with E-state index in [4.69, 9.17) is 10.5 Å². The Hall–Kier alpha value is -2.58. The van der Waals surface area contributed by atoms with Gasteiger partial charge in [-0.2, -0.15) is 10.5 Å². The summed E-state index contributed by atoms with van der Waals surface area (Å²) in [7, 11) is 0. The molecule has 0 aliphatic heterocycles. The van der Waals surface area contributed by atoms with Gasteiger partial charge in [0.1, 0.15) is 0 Å². The molecule has 2 heteroatoms. The molecule has 0 amide bonds. The third kappa shape index (κ3) is 4.21. The zero-order valence-electron chi connectivity index (χ0n) is 13.8. The Morgan fingerprint density at radius 1 is 0.870 bits per heavy atom. The molecule has 1 aliphatic rings. The van der Waals surface area contributed by atoms with Crippen LogP contribution in [0.5, 0.6) is 0 Å². The molecule has 0 radical (unpaired) electrons. The van der Waals surface area contributed by atoms with Gasteiger partial charge in [-0.15, -0.1) is 0 Å². The van der Waals surface area contributed by atoms with Crippen molar-refractivity contribution in [3.05, 3.63) is 70.8 Å². The summed E-state index contributed by atoms with van der Waals surface area (Å²) in [5.74, 6) is 0. The Balaban J connectivity index is 0.000000174. The first kappa shape index (κ1) is 16.8. The number of aryl methyl sites for hydroxylation is 2. The van der Waals surface area contributed by atoms with Crippen LogP contribution in [-0.4, -0.2) is 0 Å². The molecular formula is C21H22N2. The number of hydrogen-bond donors (Lipinski definition) is 0. The molecule has 116 valence electrons. The lowest BCUT2D eigenvalue weighted by Crippen LogP contribution is -2.32. The smallest absolute Gasteiger partial charge is 0.0822 e. The largest absolute Gasteiger partial charge is 0.198 e. The summed E-state index contributed by atoms with van der Waals surface area (Å²) >= 11 is 0. The van der Waals surface area contributed by atoms with Crippen LogP contribution in [0.1, 0.15) is 41.5 Å². The Morgan fingerprint density at radius 3 is 1.78 bits per heavy atom. The van der Waals surface area contributed by atoms with Crippen molar-refractivity contribution < 1.29 is 0 Å². The highest BCUT2D eigenvalue weighted by atomic mass is 14.4. The Labute approximate surface area is 139 Å². The SMILES string of the molecule is Cc1ccc(C2(C#N)CCC2)cc1.Cc1ccc(CC#N)cc1. The van der Waals surface area contributed by atoms with Crippen molar-refractivity contribution in [2.75, 3.05) is 0 Å². The van der Waals surface area contributed by atoms with Gasteiger partial charge in [0, 0.05) is 0 Å². The minimum atomic E-state index is -0.145. The predicted octanol–water partition coefficient (Wildman–Crippen LogP) is 5.00.